The average Bonchev–Trinajstić information content (AvgIpc) is 2.62. The second kappa shape index (κ2) is 9.19. The highest BCUT2D eigenvalue weighted by atomic mass is 32.2. The molecule has 0 aliphatic heterocycles. The van der Waals surface area contributed by atoms with Gasteiger partial charge in [-0.1, -0.05) is 11.8 Å². The number of nitrogens with zero attached hydrogens (tertiary/aromatic N) is 2. The highest BCUT2D eigenvalue weighted by Gasteiger charge is 2.11. The highest BCUT2D eigenvalue weighted by molar-refractivity contribution is 7.98. The van der Waals surface area contributed by atoms with Crippen LogP contribution in [0.4, 0.5) is 16.2 Å². The first-order chi connectivity index (χ1) is 12.4. The Bertz CT molecular complexity index is 771. The molecule has 0 saturated carbocycles. The summed E-state index contributed by atoms with van der Waals surface area (Å²) >= 11 is 1.50. The number of nitrogens with one attached hydrogen (secondary N) is 2. The number of aryl methyl sites for hydroxylation is 2. The van der Waals surface area contributed by atoms with Crippen molar-refractivity contribution in [3.05, 3.63) is 41.2 Å². The number of hydrogen-bond donors (Lipinski definition) is 2. The molecule has 0 radical (unpaired) electrons. The second-order valence-corrected chi connectivity index (χ2v) is 6.38. The Morgan fingerprint density at radius 3 is 2.08 bits per heavy atom. The molecule has 0 aliphatic carbocycles. The van der Waals surface area contributed by atoms with E-state index >= 15 is 0 Å². The topological polar surface area (TPSA) is 93.2 Å². The lowest BCUT2D eigenvalue weighted by atomic mass is 10.1. The summed E-state index contributed by atoms with van der Waals surface area (Å²) in [5.74, 6) is -0.0913. The molecule has 0 aliphatic rings. The summed E-state index contributed by atoms with van der Waals surface area (Å²) in [5.41, 5.74) is 4.08. The summed E-state index contributed by atoms with van der Waals surface area (Å²) in [5, 5.41) is 6.14. The van der Waals surface area contributed by atoms with E-state index in [2.05, 4.69) is 25.3 Å². The van der Waals surface area contributed by atoms with Crippen LogP contribution in [0.25, 0.3) is 0 Å². The van der Waals surface area contributed by atoms with Gasteiger partial charge in [-0.2, -0.15) is 0 Å². The van der Waals surface area contributed by atoms with Crippen LogP contribution in [0.5, 0.6) is 0 Å². The zero-order valence-corrected chi connectivity index (χ0v) is 16.1. The number of amides is 2. The van der Waals surface area contributed by atoms with Gasteiger partial charge in [0.25, 0.3) is 0 Å². The van der Waals surface area contributed by atoms with Gasteiger partial charge in [-0.3, -0.25) is 10.1 Å². The van der Waals surface area contributed by atoms with E-state index in [1.54, 1.807) is 24.3 Å². The lowest BCUT2D eigenvalue weighted by molar-refractivity contribution is -0.116. The number of methoxy groups -OCH3 is 1. The van der Waals surface area contributed by atoms with E-state index in [0.717, 1.165) is 22.1 Å². The molecule has 8 heteroatoms. The number of benzene rings is 1. The van der Waals surface area contributed by atoms with Crippen LogP contribution >= 0.6 is 11.8 Å². The minimum Gasteiger partial charge on any atom is -0.453 e. The molecular weight excluding hydrogens is 352 g/mol. The van der Waals surface area contributed by atoms with Gasteiger partial charge in [0.15, 0.2) is 5.16 Å². The molecule has 1 aromatic carbocycles. The van der Waals surface area contributed by atoms with Gasteiger partial charge in [0.1, 0.15) is 0 Å². The zero-order valence-electron chi connectivity index (χ0n) is 15.3. The summed E-state index contributed by atoms with van der Waals surface area (Å²) in [6, 6.07) is 6.82. The predicted octanol–water partition coefficient (Wildman–Crippen LogP) is 3.56. The molecule has 26 heavy (non-hydrogen) atoms. The van der Waals surface area contributed by atoms with Gasteiger partial charge in [-0.25, -0.2) is 14.8 Å². The monoisotopic (exact) mass is 374 g/mol. The van der Waals surface area contributed by atoms with Crippen molar-refractivity contribution in [3.8, 4) is 0 Å². The van der Waals surface area contributed by atoms with Crippen molar-refractivity contribution in [1.82, 2.24) is 9.97 Å². The Morgan fingerprint density at radius 1 is 1.04 bits per heavy atom. The van der Waals surface area contributed by atoms with Crippen LogP contribution in [-0.4, -0.2) is 35.3 Å². The van der Waals surface area contributed by atoms with Gasteiger partial charge in [0, 0.05) is 29.2 Å². The van der Waals surface area contributed by atoms with Crippen molar-refractivity contribution in [2.45, 2.75) is 31.8 Å². The first kappa shape index (κ1) is 19.7. The van der Waals surface area contributed by atoms with Gasteiger partial charge >= 0.3 is 6.09 Å². The van der Waals surface area contributed by atoms with Crippen LogP contribution in [0, 0.1) is 13.8 Å². The number of anilines is 2. The van der Waals surface area contributed by atoms with E-state index in [9.17, 15) is 9.59 Å². The molecule has 2 amide bonds. The summed E-state index contributed by atoms with van der Waals surface area (Å²) in [4.78, 5) is 32.2. The molecule has 2 N–H and O–H groups in total. The predicted molar refractivity (Wildman–Crippen MR) is 103 cm³/mol. The van der Waals surface area contributed by atoms with E-state index in [0.29, 0.717) is 24.2 Å². The molecule has 0 atom stereocenters. The highest BCUT2D eigenvalue weighted by Crippen LogP contribution is 2.18. The third kappa shape index (κ3) is 5.45. The molecule has 2 aromatic rings. The van der Waals surface area contributed by atoms with Crippen molar-refractivity contribution < 1.29 is 14.3 Å². The van der Waals surface area contributed by atoms with Crippen molar-refractivity contribution >= 4 is 35.1 Å². The Kier molecular flexibility index (Phi) is 6.97. The summed E-state index contributed by atoms with van der Waals surface area (Å²) in [6.45, 7) is 3.88. The van der Waals surface area contributed by atoms with E-state index in [1.807, 2.05) is 20.1 Å². The third-order valence-corrected chi connectivity index (χ3v) is 4.33. The zero-order chi connectivity index (χ0) is 19.1. The molecule has 0 bridgehead atoms. The minimum atomic E-state index is -0.540. The molecule has 1 aromatic heterocycles. The van der Waals surface area contributed by atoms with Crippen LogP contribution in [0.15, 0.2) is 29.4 Å². The molecule has 0 saturated heterocycles. The number of carbonyl (C=O) groups excluding carboxylic acids is 2. The summed E-state index contributed by atoms with van der Waals surface area (Å²) in [6.07, 6.45) is 2.32. The van der Waals surface area contributed by atoms with E-state index in [4.69, 9.17) is 0 Å². The lowest BCUT2D eigenvalue weighted by Gasteiger charge is -2.10. The quantitative estimate of drug-likeness (QED) is 0.593. The van der Waals surface area contributed by atoms with Crippen LogP contribution in [-0.2, 0) is 16.0 Å². The fourth-order valence-corrected chi connectivity index (χ4v) is 2.89. The van der Waals surface area contributed by atoms with Gasteiger partial charge in [0.05, 0.1) is 7.11 Å². The van der Waals surface area contributed by atoms with E-state index < -0.39 is 6.09 Å². The maximum absolute atomic E-state index is 12.2. The standard InChI is InChI=1S/C18H22N4O3S/c1-11-15(12(2)20-17(19-11)26-4)9-10-16(23)21-13-5-7-14(8-6-13)22-18(24)25-3/h5-8H,9-10H2,1-4H3,(H,21,23)(H,22,24). The van der Waals surface area contributed by atoms with E-state index in [1.165, 1.54) is 18.9 Å². The van der Waals surface area contributed by atoms with Gasteiger partial charge in [-0.05, 0) is 56.4 Å². The Hall–Kier alpha value is -2.61. The number of thioether (sulfide) groups is 1. The van der Waals surface area contributed by atoms with Gasteiger partial charge < -0.3 is 10.1 Å². The number of hydrogen-bond acceptors (Lipinski definition) is 6. The summed E-state index contributed by atoms with van der Waals surface area (Å²) in [7, 11) is 1.30. The van der Waals surface area contributed by atoms with Crippen molar-refractivity contribution in [3.63, 3.8) is 0 Å². The molecule has 138 valence electrons. The smallest absolute Gasteiger partial charge is 0.411 e. The Morgan fingerprint density at radius 2 is 1.58 bits per heavy atom. The normalized spacial score (nSPS) is 10.3. The molecule has 2 rings (SSSR count). The number of carbonyl (C=O) groups is 2. The Balaban J connectivity index is 1.92. The van der Waals surface area contributed by atoms with Crippen LogP contribution in [0.1, 0.15) is 23.4 Å². The van der Waals surface area contributed by atoms with Crippen LogP contribution in [0.3, 0.4) is 0 Å². The van der Waals surface area contributed by atoms with Crippen molar-refractivity contribution in [1.29, 1.82) is 0 Å². The molecular formula is C18H22N4O3S. The first-order valence-corrected chi connectivity index (χ1v) is 9.28. The maximum atomic E-state index is 12.2. The molecule has 1 heterocycles. The average molecular weight is 374 g/mol. The van der Waals surface area contributed by atoms with Crippen LogP contribution < -0.4 is 10.6 Å². The molecule has 7 nitrogen and oxygen atoms in total. The summed E-state index contributed by atoms with van der Waals surface area (Å²) < 4.78 is 4.53. The number of aromatic nitrogens is 2. The Labute approximate surface area is 157 Å². The maximum Gasteiger partial charge on any atom is 0.411 e. The fraction of sp³-hybridized carbons (Fsp3) is 0.333. The van der Waals surface area contributed by atoms with Crippen molar-refractivity contribution in [2.75, 3.05) is 24.0 Å². The third-order valence-electron chi connectivity index (χ3n) is 3.79. The molecule has 0 spiro atoms. The van der Waals surface area contributed by atoms with Gasteiger partial charge in [-0.15, -0.1) is 0 Å². The SMILES string of the molecule is COC(=O)Nc1ccc(NC(=O)CCc2c(C)nc(SC)nc2C)cc1. The molecule has 0 fully saturated rings. The second-order valence-electron chi connectivity index (χ2n) is 5.60. The fourth-order valence-electron chi connectivity index (χ4n) is 2.43. The van der Waals surface area contributed by atoms with Gasteiger partial charge in [0.2, 0.25) is 5.91 Å². The minimum absolute atomic E-state index is 0.0913. The lowest BCUT2D eigenvalue weighted by Crippen LogP contribution is -2.14. The van der Waals surface area contributed by atoms with E-state index in [-0.39, 0.29) is 5.91 Å². The number of rotatable bonds is 6. The largest absolute Gasteiger partial charge is 0.453 e. The number of ether oxygens (including phenoxy) is 1. The van der Waals surface area contributed by atoms with Crippen molar-refractivity contribution in [2.24, 2.45) is 0 Å². The molecule has 0 unspecified atom stereocenters. The first-order valence-electron chi connectivity index (χ1n) is 8.06. The van der Waals surface area contributed by atoms with Crippen LogP contribution in [0.2, 0.25) is 0 Å².